The van der Waals surface area contributed by atoms with Gasteiger partial charge in [0.05, 0.1) is 19.8 Å². The van der Waals surface area contributed by atoms with E-state index in [9.17, 15) is 0 Å². The Kier molecular flexibility index (Phi) is 13.0. The lowest BCUT2D eigenvalue weighted by atomic mass is 10.2. The Bertz CT molecular complexity index is 65.9. The number of hydrogen-bond acceptors (Lipinski definition) is 4. The average molecular weight is 180 g/mol. The molecule has 0 aliphatic heterocycles. The van der Waals surface area contributed by atoms with E-state index in [-0.39, 0.29) is 25.7 Å². The zero-order valence-corrected chi connectivity index (χ0v) is 7.77. The van der Waals surface area contributed by atoms with Crippen molar-refractivity contribution in [2.45, 2.75) is 13.8 Å². The van der Waals surface area contributed by atoms with E-state index in [2.05, 4.69) is 0 Å². The van der Waals surface area contributed by atoms with Gasteiger partial charge in [-0.2, -0.15) is 0 Å². The summed E-state index contributed by atoms with van der Waals surface area (Å²) in [5.74, 6) is 0.0926. The maximum atomic E-state index is 8.21. The summed E-state index contributed by atoms with van der Waals surface area (Å²) < 4.78 is 0. The van der Waals surface area contributed by atoms with Gasteiger partial charge in [-0.15, -0.1) is 0 Å². The Morgan fingerprint density at radius 1 is 0.750 bits per heavy atom. The standard InChI is InChI=1S/C4H10O3.C4H10O/c5-1-4(2-6)3-7;1-4(2)3-5/h4-7H,1-3H2;4-5H,3H2,1-2H3. The van der Waals surface area contributed by atoms with Gasteiger partial charge in [0.25, 0.3) is 0 Å². The molecule has 0 aliphatic rings. The summed E-state index contributed by atoms with van der Waals surface area (Å²) in [4.78, 5) is 0. The van der Waals surface area contributed by atoms with Crippen LogP contribution in [0.5, 0.6) is 0 Å². The first kappa shape index (κ1) is 14.4. The van der Waals surface area contributed by atoms with Crippen molar-refractivity contribution in [2.24, 2.45) is 11.8 Å². The highest BCUT2D eigenvalue weighted by Crippen LogP contribution is 1.87. The molecule has 0 aromatic rings. The zero-order valence-electron chi connectivity index (χ0n) is 7.77. The highest BCUT2D eigenvalue weighted by Gasteiger charge is 2.00. The lowest BCUT2D eigenvalue weighted by Gasteiger charge is -2.02. The summed E-state index contributed by atoms with van der Waals surface area (Å²) in [6.07, 6.45) is 0. The molecule has 0 radical (unpaired) electrons. The van der Waals surface area contributed by atoms with Gasteiger partial charge in [0.2, 0.25) is 0 Å². The van der Waals surface area contributed by atoms with Crippen LogP contribution in [0.1, 0.15) is 13.8 Å². The molecule has 76 valence electrons. The largest absolute Gasteiger partial charge is 0.396 e. The van der Waals surface area contributed by atoms with Crippen LogP contribution < -0.4 is 0 Å². The molecule has 0 saturated carbocycles. The van der Waals surface area contributed by atoms with Crippen LogP contribution in [-0.4, -0.2) is 46.9 Å². The number of hydrogen-bond donors (Lipinski definition) is 4. The SMILES string of the molecule is CC(C)CO.OCC(CO)CO. The van der Waals surface area contributed by atoms with Crippen molar-refractivity contribution in [1.29, 1.82) is 0 Å². The molecule has 0 rings (SSSR count). The minimum Gasteiger partial charge on any atom is -0.396 e. The molecular weight excluding hydrogens is 160 g/mol. The van der Waals surface area contributed by atoms with Crippen LogP contribution in [0.25, 0.3) is 0 Å². The highest BCUT2D eigenvalue weighted by molar-refractivity contribution is 4.49. The Morgan fingerprint density at radius 3 is 1.00 bits per heavy atom. The molecule has 4 heteroatoms. The third-order valence-corrected chi connectivity index (χ3v) is 1.14. The minimum absolute atomic E-state index is 0.146. The second-order valence-electron chi connectivity index (χ2n) is 2.99. The van der Waals surface area contributed by atoms with E-state index in [4.69, 9.17) is 20.4 Å². The van der Waals surface area contributed by atoms with Crippen LogP contribution in [0.2, 0.25) is 0 Å². The monoisotopic (exact) mass is 180 g/mol. The molecule has 0 aromatic carbocycles. The van der Waals surface area contributed by atoms with Gasteiger partial charge in [0, 0.05) is 12.5 Å². The molecule has 0 unspecified atom stereocenters. The number of aliphatic hydroxyl groups is 4. The van der Waals surface area contributed by atoms with Crippen molar-refractivity contribution in [2.75, 3.05) is 26.4 Å². The summed E-state index contributed by atoms with van der Waals surface area (Å²) in [6.45, 7) is 3.81. The van der Waals surface area contributed by atoms with Gasteiger partial charge in [-0.3, -0.25) is 0 Å². The molecule has 0 aromatic heterocycles. The van der Waals surface area contributed by atoms with Gasteiger partial charge >= 0.3 is 0 Å². The van der Waals surface area contributed by atoms with E-state index in [1.165, 1.54) is 0 Å². The predicted molar refractivity (Wildman–Crippen MR) is 46.7 cm³/mol. The quantitative estimate of drug-likeness (QED) is 0.457. The van der Waals surface area contributed by atoms with Gasteiger partial charge in [-0.1, -0.05) is 13.8 Å². The van der Waals surface area contributed by atoms with Gasteiger partial charge in [-0.25, -0.2) is 0 Å². The van der Waals surface area contributed by atoms with Crippen molar-refractivity contribution in [3.63, 3.8) is 0 Å². The second-order valence-corrected chi connectivity index (χ2v) is 2.99. The van der Waals surface area contributed by atoms with Gasteiger partial charge in [0.1, 0.15) is 0 Å². The van der Waals surface area contributed by atoms with Gasteiger partial charge < -0.3 is 20.4 Å². The summed E-state index contributed by atoms with van der Waals surface area (Å²) >= 11 is 0. The second kappa shape index (κ2) is 10.8. The third-order valence-electron chi connectivity index (χ3n) is 1.14. The maximum Gasteiger partial charge on any atom is 0.0503 e. The van der Waals surface area contributed by atoms with Crippen LogP contribution in [0, 0.1) is 11.8 Å². The lowest BCUT2D eigenvalue weighted by molar-refractivity contribution is 0.0969. The first-order valence-corrected chi connectivity index (χ1v) is 4.05. The van der Waals surface area contributed by atoms with Crippen molar-refractivity contribution in [1.82, 2.24) is 0 Å². The average Bonchev–Trinajstić information content (AvgIpc) is 2.09. The topological polar surface area (TPSA) is 80.9 Å². The molecule has 0 saturated heterocycles. The third kappa shape index (κ3) is 12.5. The summed E-state index contributed by atoms with van der Waals surface area (Å²) in [5.41, 5.74) is 0. The Morgan fingerprint density at radius 2 is 1.00 bits per heavy atom. The van der Waals surface area contributed by atoms with Gasteiger partial charge in [0.15, 0.2) is 0 Å². The summed E-state index contributed by atoms with van der Waals surface area (Å²) in [6, 6.07) is 0. The van der Waals surface area contributed by atoms with E-state index < -0.39 is 0 Å². The predicted octanol–water partition coefficient (Wildman–Crippen LogP) is -0.786. The zero-order chi connectivity index (χ0) is 9.98. The van der Waals surface area contributed by atoms with Crippen molar-refractivity contribution in [3.05, 3.63) is 0 Å². The van der Waals surface area contributed by atoms with E-state index >= 15 is 0 Å². The Labute approximate surface area is 73.5 Å². The molecule has 0 atom stereocenters. The lowest BCUT2D eigenvalue weighted by Crippen LogP contribution is -2.14. The van der Waals surface area contributed by atoms with Crippen molar-refractivity contribution in [3.8, 4) is 0 Å². The Balaban J connectivity index is 0. The molecule has 4 nitrogen and oxygen atoms in total. The summed E-state index contributed by atoms with van der Waals surface area (Å²) in [7, 11) is 0. The first-order valence-electron chi connectivity index (χ1n) is 4.05. The van der Waals surface area contributed by atoms with Crippen molar-refractivity contribution >= 4 is 0 Å². The fraction of sp³-hybridized carbons (Fsp3) is 1.00. The molecule has 0 spiro atoms. The van der Waals surface area contributed by atoms with E-state index in [0.29, 0.717) is 12.5 Å². The molecule has 0 heterocycles. The highest BCUT2D eigenvalue weighted by atomic mass is 16.3. The molecule has 12 heavy (non-hydrogen) atoms. The molecule has 0 aliphatic carbocycles. The van der Waals surface area contributed by atoms with E-state index in [0.717, 1.165) is 0 Å². The fourth-order valence-electron chi connectivity index (χ4n) is 0.173. The van der Waals surface area contributed by atoms with Gasteiger partial charge in [-0.05, 0) is 5.92 Å². The van der Waals surface area contributed by atoms with Crippen LogP contribution in [0.4, 0.5) is 0 Å². The van der Waals surface area contributed by atoms with Crippen LogP contribution in [0.15, 0.2) is 0 Å². The van der Waals surface area contributed by atoms with Crippen molar-refractivity contribution < 1.29 is 20.4 Å². The normalized spacial score (nSPS) is 10.0. The fourth-order valence-corrected chi connectivity index (χ4v) is 0.173. The number of rotatable bonds is 4. The van der Waals surface area contributed by atoms with Crippen LogP contribution >= 0.6 is 0 Å². The molecule has 4 N–H and O–H groups in total. The van der Waals surface area contributed by atoms with Crippen LogP contribution in [0.3, 0.4) is 0 Å². The molecule has 0 amide bonds. The summed E-state index contributed by atoms with van der Waals surface area (Å²) in [5, 5.41) is 32.8. The number of aliphatic hydroxyl groups excluding tert-OH is 4. The minimum atomic E-state index is -0.347. The Hall–Kier alpha value is -0.160. The molecule has 0 bridgehead atoms. The smallest absolute Gasteiger partial charge is 0.0503 e. The molecular formula is C8H20O4. The van der Waals surface area contributed by atoms with Crippen LogP contribution in [-0.2, 0) is 0 Å². The van der Waals surface area contributed by atoms with E-state index in [1.54, 1.807) is 0 Å². The first-order chi connectivity index (χ1) is 5.62. The maximum absolute atomic E-state index is 8.21. The van der Waals surface area contributed by atoms with E-state index in [1.807, 2.05) is 13.8 Å². The molecule has 0 fully saturated rings.